The van der Waals surface area contributed by atoms with Crippen LogP contribution >= 0.6 is 0 Å². The number of benzene rings is 2. The van der Waals surface area contributed by atoms with Crippen molar-refractivity contribution in [1.29, 1.82) is 0 Å². The highest BCUT2D eigenvalue weighted by atomic mass is 19.2. The van der Waals surface area contributed by atoms with E-state index in [-0.39, 0.29) is 5.56 Å². The molecule has 0 aliphatic heterocycles. The Balaban J connectivity index is 2.80. The summed E-state index contributed by atoms with van der Waals surface area (Å²) in [5, 5.41) is 0. The Labute approximate surface area is 101 Å². The molecule has 2 rings (SSSR count). The first-order valence-electron chi connectivity index (χ1n) is 5.18. The van der Waals surface area contributed by atoms with Crippen LogP contribution in [0.1, 0.15) is 5.56 Å². The molecule has 0 aliphatic rings. The predicted molar refractivity (Wildman–Crippen MR) is 59.6 cm³/mol. The summed E-state index contributed by atoms with van der Waals surface area (Å²) in [5.74, 6) is -6.00. The van der Waals surface area contributed by atoms with Gasteiger partial charge < -0.3 is 5.73 Å². The lowest BCUT2D eigenvalue weighted by molar-refractivity contribution is 0.428. The molecule has 0 aromatic heterocycles. The lowest BCUT2D eigenvalue weighted by Gasteiger charge is -2.11. The maximum atomic E-state index is 13.9. The van der Waals surface area contributed by atoms with Gasteiger partial charge in [0, 0.05) is 12.1 Å². The Morgan fingerprint density at radius 3 is 1.94 bits per heavy atom. The third kappa shape index (κ3) is 1.86. The zero-order valence-corrected chi connectivity index (χ0v) is 9.18. The van der Waals surface area contributed by atoms with Crippen molar-refractivity contribution in [2.24, 2.45) is 5.73 Å². The standard InChI is InChI=1S/C13H9F4N/c14-10-8(6-18)11(15)13(17)12(16)9(10)7-4-2-1-3-5-7/h1-5H,6,18H2. The fourth-order valence-corrected chi connectivity index (χ4v) is 1.72. The summed E-state index contributed by atoms with van der Waals surface area (Å²) in [4.78, 5) is 0. The number of halogens is 4. The van der Waals surface area contributed by atoms with Gasteiger partial charge in [-0.05, 0) is 5.56 Å². The van der Waals surface area contributed by atoms with Crippen molar-refractivity contribution in [2.45, 2.75) is 6.54 Å². The average molecular weight is 255 g/mol. The van der Waals surface area contributed by atoms with Gasteiger partial charge in [0.25, 0.3) is 0 Å². The molecule has 0 atom stereocenters. The van der Waals surface area contributed by atoms with Crippen molar-refractivity contribution in [2.75, 3.05) is 0 Å². The fraction of sp³-hybridized carbons (Fsp3) is 0.0769. The number of nitrogens with two attached hydrogens (primary N) is 1. The van der Waals surface area contributed by atoms with Gasteiger partial charge in [0.2, 0.25) is 0 Å². The van der Waals surface area contributed by atoms with Gasteiger partial charge in [0.1, 0.15) is 5.82 Å². The molecule has 0 saturated carbocycles. The molecule has 0 unspecified atom stereocenters. The molecule has 2 aromatic carbocycles. The van der Waals surface area contributed by atoms with E-state index < -0.39 is 40.9 Å². The highest BCUT2D eigenvalue weighted by molar-refractivity contribution is 5.66. The van der Waals surface area contributed by atoms with Crippen LogP contribution in [0.25, 0.3) is 11.1 Å². The molecule has 18 heavy (non-hydrogen) atoms. The normalized spacial score (nSPS) is 10.7. The van der Waals surface area contributed by atoms with Gasteiger partial charge in [-0.15, -0.1) is 0 Å². The molecule has 2 N–H and O–H groups in total. The van der Waals surface area contributed by atoms with Gasteiger partial charge in [0.15, 0.2) is 17.5 Å². The second-order valence-electron chi connectivity index (χ2n) is 3.68. The van der Waals surface area contributed by atoms with Crippen molar-refractivity contribution in [3.63, 3.8) is 0 Å². The number of hydrogen-bond donors (Lipinski definition) is 1. The van der Waals surface area contributed by atoms with Crippen molar-refractivity contribution < 1.29 is 17.6 Å². The number of rotatable bonds is 2. The van der Waals surface area contributed by atoms with Crippen molar-refractivity contribution in [3.8, 4) is 11.1 Å². The molecule has 0 saturated heterocycles. The summed E-state index contributed by atoms with van der Waals surface area (Å²) in [7, 11) is 0. The van der Waals surface area contributed by atoms with Crippen molar-refractivity contribution in [1.82, 2.24) is 0 Å². The molecule has 0 fully saturated rings. The van der Waals surface area contributed by atoms with Crippen LogP contribution in [0.2, 0.25) is 0 Å². The van der Waals surface area contributed by atoms with Gasteiger partial charge in [-0.1, -0.05) is 30.3 Å². The Kier molecular flexibility index (Phi) is 3.34. The Hall–Kier alpha value is -1.88. The van der Waals surface area contributed by atoms with Gasteiger partial charge in [0.05, 0.1) is 5.56 Å². The minimum atomic E-state index is -1.71. The first-order chi connectivity index (χ1) is 8.57. The minimum Gasteiger partial charge on any atom is -0.326 e. The SMILES string of the molecule is NCc1c(F)c(F)c(F)c(-c2ccccc2)c1F. The summed E-state index contributed by atoms with van der Waals surface area (Å²) < 4.78 is 54.2. The lowest BCUT2D eigenvalue weighted by Crippen LogP contribution is -2.10. The van der Waals surface area contributed by atoms with Crippen LogP contribution < -0.4 is 5.73 Å². The van der Waals surface area contributed by atoms with Crippen LogP contribution in [0, 0.1) is 23.3 Å². The van der Waals surface area contributed by atoms with E-state index in [2.05, 4.69) is 0 Å². The molecule has 0 spiro atoms. The van der Waals surface area contributed by atoms with Gasteiger partial charge >= 0.3 is 0 Å². The van der Waals surface area contributed by atoms with E-state index >= 15 is 0 Å². The summed E-state index contributed by atoms with van der Waals surface area (Å²) in [6, 6.07) is 7.52. The minimum absolute atomic E-state index is 0.126. The lowest BCUT2D eigenvalue weighted by atomic mass is 10.0. The molecule has 0 amide bonds. The van der Waals surface area contributed by atoms with E-state index in [1.807, 2.05) is 0 Å². The highest BCUT2D eigenvalue weighted by Gasteiger charge is 2.25. The predicted octanol–water partition coefficient (Wildman–Crippen LogP) is 3.37. The molecular formula is C13H9F4N. The van der Waals surface area contributed by atoms with E-state index in [0.717, 1.165) is 0 Å². The first kappa shape index (κ1) is 12.6. The zero-order valence-electron chi connectivity index (χ0n) is 9.18. The van der Waals surface area contributed by atoms with Crippen LogP contribution in [0.4, 0.5) is 17.6 Å². The fourth-order valence-electron chi connectivity index (χ4n) is 1.72. The summed E-state index contributed by atoms with van der Waals surface area (Å²) in [5.41, 5.74) is 4.01. The third-order valence-corrected chi connectivity index (χ3v) is 2.62. The Morgan fingerprint density at radius 1 is 0.778 bits per heavy atom. The molecular weight excluding hydrogens is 246 g/mol. The monoisotopic (exact) mass is 255 g/mol. The largest absolute Gasteiger partial charge is 0.326 e. The highest BCUT2D eigenvalue weighted by Crippen LogP contribution is 2.31. The zero-order chi connectivity index (χ0) is 13.3. The molecule has 94 valence electrons. The molecule has 0 radical (unpaired) electrons. The molecule has 0 aliphatic carbocycles. The molecule has 5 heteroatoms. The van der Waals surface area contributed by atoms with Crippen LogP contribution in [-0.4, -0.2) is 0 Å². The van der Waals surface area contributed by atoms with Crippen molar-refractivity contribution >= 4 is 0 Å². The summed E-state index contributed by atoms with van der Waals surface area (Å²) >= 11 is 0. The quantitative estimate of drug-likeness (QED) is 0.497. The average Bonchev–Trinajstić information content (AvgIpc) is 2.38. The maximum Gasteiger partial charge on any atom is 0.195 e. The first-order valence-corrected chi connectivity index (χ1v) is 5.18. The van der Waals surface area contributed by atoms with Crippen LogP contribution in [-0.2, 0) is 6.54 Å². The van der Waals surface area contributed by atoms with Crippen LogP contribution in [0.15, 0.2) is 30.3 Å². The van der Waals surface area contributed by atoms with E-state index in [1.165, 1.54) is 24.3 Å². The second-order valence-corrected chi connectivity index (χ2v) is 3.68. The molecule has 0 bridgehead atoms. The molecule has 1 nitrogen and oxygen atoms in total. The summed E-state index contributed by atoms with van der Waals surface area (Å²) in [6.45, 7) is -0.547. The molecule has 2 aromatic rings. The van der Waals surface area contributed by atoms with Gasteiger partial charge in [-0.3, -0.25) is 0 Å². The van der Waals surface area contributed by atoms with E-state index in [1.54, 1.807) is 6.07 Å². The Bertz CT molecular complexity index is 582. The van der Waals surface area contributed by atoms with E-state index in [0.29, 0.717) is 0 Å². The van der Waals surface area contributed by atoms with Crippen molar-refractivity contribution in [3.05, 3.63) is 59.2 Å². The smallest absolute Gasteiger partial charge is 0.195 e. The molecule has 0 heterocycles. The topological polar surface area (TPSA) is 26.0 Å². The van der Waals surface area contributed by atoms with Gasteiger partial charge in [-0.25, -0.2) is 17.6 Å². The second kappa shape index (κ2) is 4.78. The number of hydrogen-bond acceptors (Lipinski definition) is 1. The van der Waals surface area contributed by atoms with Crippen LogP contribution in [0.3, 0.4) is 0 Å². The van der Waals surface area contributed by atoms with Crippen LogP contribution in [0.5, 0.6) is 0 Å². The third-order valence-electron chi connectivity index (χ3n) is 2.62. The van der Waals surface area contributed by atoms with Gasteiger partial charge in [-0.2, -0.15) is 0 Å². The van der Waals surface area contributed by atoms with E-state index in [4.69, 9.17) is 5.73 Å². The Morgan fingerprint density at radius 2 is 1.39 bits per heavy atom. The summed E-state index contributed by atoms with van der Waals surface area (Å²) in [6.07, 6.45) is 0. The van der Waals surface area contributed by atoms with E-state index in [9.17, 15) is 17.6 Å². The maximum absolute atomic E-state index is 13.9.